The first-order valence-corrected chi connectivity index (χ1v) is 24.4. The van der Waals surface area contributed by atoms with Crippen LogP contribution in [0.1, 0.15) is 201 Å². The standard InChI is InChI=1S/C55H88O6/c1-4-7-10-13-16-19-22-25-27-30-33-36-39-42-45-48-54(57)60-51-52(50-59-53(56)47-44-41-38-35-32-29-24-21-18-15-12-9-6-3)61-55(58)49-46-43-40-37-34-31-28-26-23-20-17-14-11-8-5-2/h7,9-10,12,16,18-19,21,25-29,32-33,36,42,45,52H,4-6,8,11,13-15,17,20,22-24,30-31,34-35,37-41,43-44,46-51H2,1-3H3/b10-7-,12-9-,19-16-,21-18-,27-25-,28-26-,32-29-,36-33-,45-42-. The van der Waals surface area contributed by atoms with Crippen LogP contribution in [0.5, 0.6) is 0 Å². The summed E-state index contributed by atoms with van der Waals surface area (Å²) in [4.78, 5) is 37.8. The summed E-state index contributed by atoms with van der Waals surface area (Å²) in [5, 5.41) is 0. The number of allylic oxidation sites excluding steroid dienone is 17. The molecule has 1 atom stereocenters. The second-order valence-electron chi connectivity index (χ2n) is 15.6. The third kappa shape index (κ3) is 47.0. The summed E-state index contributed by atoms with van der Waals surface area (Å²) in [7, 11) is 0. The molecular formula is C55H88O6. The molecule has 0 radical (unpaired) electrons. The summed E-state index contributed by atoms with van der Waals surface area (Å²) < 4.78 is 16.6. The first-order chi connectivity index (χ1) is 30.0. The molecule has 6 nitrogen and oxygen atoms in total. The summed E-state index contributed by atoms with van der Waals surface area (Å²) in [6.45, 7) is 6.26. The van der Waals surface area contributed by atoms with Gasteiger partial charge >= 0.3 is 17.9 Å². The van der Waals surface area contributed by atoms with Crippen LogP contribution in [0.15, 0.2) is 109 Å². The van der Waals surface area contributed by atoms with Crippen molar-refractivity contribution in [2.24, 2.45) is 0 Å². The number of carbonyl (C=O) groups excluding carboxylic acids is 3. The van der Waals surface area contributed by atoms with Gasteiger partial charge in [-0.05, 0) is 103 Å². The first-order valence-electron chi connectivity index (χ1n) is 24.4. The molecule has 0 aliphatic rings. The highest BCUT2D eigenvalue weighted by atomic mass is 16.6. The summed E-state index contributed by atoms with van der Waals surface area (Å²) in [5.74, 6) is -1.11. The summed E-state index contributed by atoms with van der Waals surface area (Å²) in [6.07, 6.45) is 65.2. The maximum atomic E-state index is 12.8. The van der Waals surface area contributed by atoms with Crippen molar-refractivity contribution >= 4 is 17.9 Å². The topological polar surface area (TPSA) is 78.9 Å². The lowest BCUT2D eigenvalue weighted by molar-refractivity contribution is -0.166. The monoisotopic (exact) mass is 845 g/mol. The number of rotatable bonds is 42. The molecule has 0 saturated carbocycles. The largest absolute Gasteiger partial charge is 0.462 e. The van der Waals surface area contributed by atoms with E-state index in [2.05, 4.69) is 118 Å². The van der Waals surface area contributed by atoms with Gasteiger partial charge in [0.15, 0.2) is 6.10 Å². The molecule has 0 fully saturated rings. The van der Waals surface area contributed by atoms with E-state index < -0.39 is 12.1 Å². The lowest BCUT2D eigenvalue weighted by Crippen LogP contribution is -2.30. The third-order valence-corrected chi connectivity index (χ3v) is 9.78. The molecule has 0 aliphatic heterocycles. The Morgan fingerprint density at radius 2 is 0.705 bits per heavy atom. The third-order valence-electron chi connectivity index (χ3n) is 9.78. The highest BCUT2D eigenvalue weighted by molar-refractivity contribution is 5.72. The van der Waals surface area contributed by atoms with E-state index in [1.54, 1.807) is 6.08 Å². The van der Waals surface area contributed by atoms with Crippen LogP contribution < -0.4 is 0 Å². The summed E-state index contributed by atoms with van der Waals surface area (Å²) in [6, 6.07) is 0. The van der Waals surface area contributed by atoms with Crippen molar-refractivity contribution in [1.29, 1.82) is 0 Å². The van der Waals surface area contributed by atoms with Gasteiger partial charge in [-0.15, -0.1) is 0 Å². The quantitative estimate of drug-likeness (QED) is 0.0264. The van der Waals surface area contributed by atoms with Crippen LogP contribution in [0.4, 0.5) is 0 Å². The molecule has 61 heavy (non-hydrogen) atoms. The lowest BCUT2D eigenvalue weighted by atomic mass is 10.1. The number of hydrogen-bond donors (Lipinski definition) is 0. The van der Waals surface area contributed by atoms with Gasteiger partial charge < -0.3 is 14.2 Å². The molecule has 0 bridgehead atoms. The zero-order valence-corrected chi connectivity index (χ0v) is 39.1. The predicted octanol–water partition coefficient (Wildman–Crippen LogP) is 16.0. The Bertz CT molecular complexity index is 1290. The predicted molar refractivity (Wildman–Crippen MR) is 260 cm³/mol. The normalized spacial score (nSPS) is 13.0. The number of carbonyl (C=O) groups is 3. The Morgan fingerprint density at radius 1 is 0.361 bits per heavy atom. The van der Waals surface area contributed by atoms with Gasteiger partial charge in [-0.2, -0.15) is 0 Å². The van der Waals surface area contributed by atoms with Gasteiger partial charge in [0.2, 0.25) is 0 Å². The molecule has 0 heterocycles. The molecule has 0 aromatic rings. The van der Waals surface area contributed by atoms with Gasteiger partial charge in [-0.3, -0.25) is 14.4 Å². The molecule has 0 N–H and O–H groups in total. The minimum Gasteiger partial charge on any atom is -0.462 e. The molecule has 0 rings (SSSR count). The average molecular weight is 845 g/mol. The van der Waals surface area contributed by atoms with E-state index in [4.69, 9.17) is 14.2 Å². The zero-order valence-electron chi connectivity index (χ0n) is 39.1. The van der Waals surface area contributed by atoms with E-state index in [1.807, 2.05) is 6.08 Å². The van der Waals surface area contributed by atoms with Gasteiger partial charge in [0, 0.05) is 12.8 Å². The maximum absolute atomic E-state index is 12.8. The van der Waals surface area contributed by atoms with Gasteiger partial charge in [0.25, 0.3) is 0 Å². The minimum absolute atomic E-state index is 0.116. The van der Waals surface area contributed by atoms with Gasteiger partial charge in [0.1, 0.15) is 13.2 Å². The molecule has 0 aliphatic carbocycles. The molecule has 0 aromatic carbocycles. The molecule has 0 spiro atoms. The van der Waals surface area contributed by atoms with Crippen LogP contribution in [-0.2, 0) is 28.6 Å². The van der Waals surface area contributed by atoms with E-state index >= 15 is 0 Å². The minimum atomic E-state index is -0.835. The number of esters is 3. The van der Waals surface area contributed by atoms with Crippen molar-refractivity contribution in [2.75, 3.05) is 13.2 Å². The average Bonchev–Trinajstić information content (AvgIpc) is 3.26. The first kappa shape index (κ1) is 57.1. The Morgan fingerprint density at radius 3 is 1.18 bits per heavy atom. The van der Waals surface area contributed by atoms with Crippen molar-refractivity contribution in [3.05, 3.63) is 109 Å². The summed E-state index contributed by atoms with van der Waals surface area (Å²) in [5.41, 5.74) is 0. The Labute approximate surface area is 374 Å². The molecule has 0 aromatic heterocycles. The Hall–Kier alpha value is -3.93. The van der Waals surface area contributed by atoms with Gasteiger partial charge in [0.05, 0.1) is 6.42 Å². The smallest absolute Gasteiger partial charge is 0.309 e. The van der Waals surface area contributed by atoms with Crippen molar-refractivity contribution in [2.45, 2.75) is 207 Å². The molecule has 1 unspecified atom stereocenters. The van der Waals surface area contributed by atoms with Crippen molar-refractivity contribution in [3.63, 3.8) is 0 Å². The zero-order chi connectivity index (χ0) is 44.4. The van der Waals surface area contributed by atoms with Crippen LogP contribution in [-0.4, -0.2) is 37.2 Å². The van der Waals surface area contributed by atoms with Crippen molar-refractivity contribution < 1.29 is 28.6 Å². The molecular weight excluding hydrogens is 757 g/mol. The van der Waals surface area contributed by atoms with E-state index in [9.17, 15) is 14.4 Å². The second kappa shape index (κ2) is 48.7. The SMILES string of the molecule is CC/C=C\C/C=C\C/C=C\C/C=C\C/C=C\CC(=O)OCC(COC(=O)CCCCC/C=C\C/C=C\C/C=C\CC)OC(=O)CCCCCCC/C=C\CCCCCCCC. The molecule has 0 saturated heterocycles. The number of hydrogen-bond acceptors (Lipinski definition) is 6. The van der Waals surface area contributed by atoms with Gasteiger partial charge in [-0.1, -0.05) is 188 Å². The van der Waals surface area contributed by atoms with Crippen LogP contribution in [0.25, 0.3) is 0 Å². The Kier molecular flexibility index (Phi) is 45.6. The fraction of sp³-hybridized carbons (Fsp3) is 0.618. The van der Waals surface area contributed by atoms with Crippen LogP contribution in [0, 0.1) is 0 Å². The molecule has 344 valence electrons. The van der Waals surface area contributed by atoms with Crippen LogP contribution in [0.2, 0.25) is 0 Å². The maximum Gasteiger partial charge on any atom is 0.309 e. The van der Waals surface area contributed by atoms with E-state index in [1.165, 1.54) is 51.4 Å². The van der Waals surface area contributed by atoms with Crippen LogP contribution in [0.3, 0.4) is 0 Å². The molecule has 0 amide bonds. The highest BCUT2D eigenvalue weighted by Crippen LogP contribution is 2.12. The Balaban J connectivity index is 4.58. The fourth-order valence-corrected chi connectivity index (χ4v) is 6.17. The van der Waals surface area contributed by atoms with E-state index in [0.29, 0.717) is 6.42 Å². The van der Waals surface area contributed by atoms with E-state index in [0.717, 1.165) is 109 Å². The van der Waals surface area contributed by atoms with Gasteiger partial charge in [-0.25, -0.2) is 0 Å². The number of unbranched alkanes of at least 4 members (excludes halogenated alkanes) is 14. The lowest BCUT2D eigenvalue weighted by Gasteiger charge is -2.18. The fourth-order valence-electron chi connectivity index (χ4n) is 6.17. The van der Waals surface area contributed by atoms with Crippen molar-refractivity contribution in [1.82, 2.24) is 0 Å². The van der Waals surface area contributed by atoms with E-state index in [-0.39, 0.29) is 38.0 Å². The number of ether oxygens (including phenoxy) is 3. The second-order valence-corrected chi connectivity index (χ2v) is 15.6. The molecule has 6 heteroatoms. The highest BCUT2D eigenvalue weighted by Gasteiger charge is 2.19. The van der Waals surface area contributed by atoms with Crippen molar-refractivity contribution in [3.8, 4) is 0 Å². The van der Waals surface area contributed by atoms with Crippen LogP contribution >= 0.6 is 0 Å². The summed E-state index contributed by atoms with van der Waals surface area (Å²) >= 11 is 0.